The minimum absolute atomic E-state index is 0.0379. The smallest absolute Gasteiger partial charge is 0.257 e. The number of nitrogens with zero attached hydrogens (tertiary/aromatic N) is 3. The molecule has 1 aromatic heterocycles. The van der Waals surface area contributed by atoms with Crippen molar-refractivity contribution in [3.8, 4) is 0 Å². The van der Waals surface area contributed by atoms with Crippen LogP contribution < -0.4 is 10.2 Å². The van der Waals surface area contributed by atoms with Crippen molar-refractivity contribution >= 4 is 23.3 Å². The van der Waals surface area contributed by atoms with Crippen molar-refractivity contribution < 1.29 is 9.59 Å². The second-order valence-electron chi connectivity index (χ2n) is 7.82. The van der Waals surface area contributed by atoms with Crippen LogP contribution in [0.25, 0.3) is 0 Å². The van der Waals surface area contributed by atoms with Crippen LogP contribution in [0.2, 0.25) is 0 Å². The lowest BCUT2D eigenvalue weighted by Gasteiger charge is -2.31. The molecule has 1 heterocycles. The third kappa shape index (κ3) is 5.17. The molecule has 2 amide bonds. The number of aromatic nitrogens is 1. The molecule has 1 fully saturated rings. The molecule has 1 aromatic carbocycles. The van der Waals surface area contributed by atoms with Gasteiger partial charge in [-0.15, -0.1) is 0 Å². The molecular weight excluding hydrogens is 376 g/mol. The number of carbonyl (C=O) groups excluding carboxylic acids is 2. The zero-order valence-electron chi connectivity index (χ0n) is 18.2. The van der Waals surface area contributed by atoms with Crippen LogP contribution in [0.3, 0.4) is 0 Å². The standard InChI is InChI=1S/C24H32N4O2/c1-4-28(5-2)22-16-13-19(17-25-22)23(29)26-20-14-11-18(12-15-20)24(30)27(3)21-9-7-6-8-10-21/h11-17,21H,4-10H2,1-3H3,(H,26,29). The number of carbonyl (C=O) groups is 2. The number of anilines is 2. The van der Waals surface area contributed by atoms with Crippen molar-refractivity contribution in [3.05, 3.63) is 53.7 Å². The highest BCUT2D eigenvalue weighted by Gasteiger charge is 2.23. The molecule has 6 heteroatoms. The zero-order valence-corrected chi connectivity index (χ0v) is 18.2. The molecule has 0 bridgehead atoms. The zero-order chi connectivity index (χ0) is 21.5. The Hall–Kier alpha value is -2.89. The van der Waals surface area contributed by atoms with Gasteiger partial charge in [-0.25, -0.2) is 4.98 Å². The molecule has 1 N–H and O–H groups in total. The summed E-state index contributed by atoms with van der Waals surface area (Å²) in [6.45, 7) is 5.90. The summed E-state index contributed by atoms with van der Waals surface area (Å²) in [7, 11) is 1.89. The molecule has 1 aliphatic rings. The van der Waals surface area contributed by atoms with Gasteiger partial charge in [-0.2, -0.15) is 0 Å². The van der Waals surface area contributed by atoms with Crippen molar-refractivity contribution in [2.24, 2.45) is 0 Å². The van der Waals surface area contributed by atoms with E-state index in [2.05, 4.69) is 29.0 Å². The minimum atomic E-state index is -0.216. The number of amides is 2. The van der Waals surface area contributed by atoms with E-state index < -0.39 is 0 Å². The van der Waals surface area contributed by atoms with Gasteiger partial charge in [-0.05, 0) is 63.1 Å². The molecule has 0 unspecified atom stereocenters. The molecule has 1 aliphatic carbocycles. The molecule has 0 atom stereocenters. The van der Waals surface area contributed by atoms with Gasteiger partial charge in [0.05, 0.1) is 5.56 Å². The average molecular weight is 409 g/mol. The SMILES string of the molecule is CCN(CC)c1ccc(C(=O)Nc2ccc(C(=O)N(C)C3CCCCC3)cc2)cn1. The first kappa shape index (κ1) is 21.8. The Bertz CT molecular complexity index is 839. The summed E-state index contributed by atoms with van der Waals surface area (Å²) < 4.78 is 0. The molecule has 2 aromatic rings. The van der Waals surface area contributed by atoms with Gasteiger partial charge < -0.3 is 15.1 Å². The molecule has 0 aliphatic heterocycles. The molecule has 1 saturated carbocycles. The average Bonchev–Trinajstić information content (AvgIpc) is 2.80. The fourth-order valence-corrected chi connectivity index (χ4v) is 3.99. The van der Waals surface area contributed by atoms with Crippen LogP contribution in [0.1, 0.15) is 66.7 Å². The molecular formula is C24H32N4O2. The first-order valence-corrected chi connectivity index (χ1v) is 10.9. The van der Waals surface area contributed by atoms with E-state index >= 15 is 0 Å². The molecule has 30 heavy (non-hydrogen) atoms. The predicted octanol–water partition coefficient (Wildman–Crippen LogP) is 4.58. The minimum Gasteiger partial charge on any atom is -0.357 e. The number of hydrogen-bond donors (Lipinski definition) is 1. The lowest BCUT2D eigenvalue weighted by Crippen LogP contribution is -2.38. The largest absolute Gasteiger partial charge is 0.357 e. The fourth-order valence-electron chi connectivity index (χ4n) is 3.99. The van der Waals surface area contributed by atoms with E-state index in [-0.39, 0.29) is 11.8 Å². The maximum atomic E-state index is 12.8. The van der Waals surface area contributed by atoms with E-state index in [1.165, 1.54) is 19.3 Å². The van der Waals surface area contributed by atoms with Crippen LogP contribution in [-0.4, -0.2) is 47.9 Å². The van der Waals surface area contributed by atoms with E-state index in [0.29, 0.717) is 22.9 Å². The van der Waals surface area contributed by atoms with Crippen molar-refractivity contribution in [2.45, 2.75) is 52.0 Å². The first-order chi connectivity index (χ1) is 14.5. The summed E-state index contributed by atoms with van der Waals surface area (Å²) in [5, 5.41) is 2.88. The highest BCUT2D eigenvalue weighted by Crippen LogP contribution is 2.23. The monoisotopic (exact) mass is 408 g/mol. The molecule has 0 spiro atoms. The van der Waals surface area contributed by atoms with Crippen molar-refractivity contribution in [1.82, 2.24) is 9.88 Å². The lowest BCUT2D eigenvalue weighted by atomic mass is 9.94. The summed E-state index contributed by atoms with van der Waals surface area (Å²) in [6.07, 6.45) is 7.41. The van der Waals surface area contributed by atoms with Gasteiger partial charge in [-0.3, -0.25) is 9.59 Å². The highest BCUT2D eigenvalue weighted by atomic mass is 16.2. The predicted molar refractivity (Wildman–Crippen MR) is 121 cm³/mol. The van der Waals surface area contributed by atoms with Gasteiger partial charge in [0.15, 0.2) is 0 Å². The van der Waals surface area contributed by atoms with E-state index in [0.717, 1.165) is 31.7 Å². The Balaban J connectivity index is 1.61. The molecule has 160 valence electrons. The first-order valence-electron chi connectivity index (χ1n) is 10.9. The summed E-state index contributed by atoms with van der Waals surface area (Å²) in [5.41, 5.74) is 1.80. The van der Waals surface area contributed by atoms with Gasteiger partial charge >= 0.3 is 0 Å². The third-order valence-electron chi connectivity index (χ3n) is 5.93. The van der Waals surface area contributed by atoms with Gasteiger partial charge in [0.1, 0.15) is 5.82 Å². The lowest BCUT2D eigenvalue weighted by molar-refractivity contribution is 0.0696. The molecule has 0 radical (unpaired) electrons. The van der Waals surface area contributed by atoms with E-state index in [1.807, 2.05) is 18.0 Å². The van der Waals surface area contributed by atoms with Gasteiger partial charge in [0, 0.05) is 43.6 Å². The van der Waals surface area contributed by atoms with E-state index in [9.17, 15) is 9.59 Å². The van der Waals surface area contributed by atoms with E-state index in [4.69, 9.17) is 0 Å². The summed E-state index contributed by atoms with van der Waals surface area (Å²) >= 11 is 0. The van der Waals surface area contributed by atoms with Crippen molar-refractivity contribution in [1.29, 1.82) is 0 Å². The number of hydrogen-bond acceptors (Lipinski definition) is 4. The second-order valence-corrected chi connectivity index (χ2v) is 7.82. The Morgan fingerprint density at radius 3 is 2.17 bits per heavy atom. The number of rotatable bonds is 7. The number of nitrogens with one attached hydrogen (secondary N) is 1. The Morgan fingerprint density at radius 1 is 0.967 bits per heavy atom. The van der Waals surface area contributed by atoms with Crippen LogP contribution >= 0.6 is 0 Å². The summed E-state index contributed by atoms with van der Waals surface area (Å²) in [6, 6.07) is 11.1. The van der Waals surface area contributed by atoms with Crippen LogP contribution in [-0.2, 0) is 0 Å². The number of pyridine rings is 1. The number of benzene rings is 1. The molecule has 6 nitrogen and oxygen atoms in total. The van der Waals surface area contributed by atoms with Crippen molar-refractivity contribution in [3.63, 3.8) is 0 Å². The maximum absolute atomic E-state index is 12.8. The maximum Gasteiger partial charge on any atom is 0.257 e. The normalized spacial score (nSPS) is 14.2. The van der Waals surface area contributed by atoms with Crippen LogP contribution in [0, 0.1) is 0 Å². The van der Waals surface area contributed by atoms with Crippen LogP contribution in [0.4, 0.5) is 11.5 Å². The topological polar surface area (TPSA) is 65.5 Å². The third-order valence-corrected chi connectivity index (χ3v) is 5.93. The highest BCUT2D eigenvalue weighted by molar-refractivity contribution is 6.04. The van der Waals surface area contributed by atoms with Crippen LogP contribution in [0.15, 0.2) is 42.6 Å². The summed E-state index contributed by atoms with van der Waals surface area (Å²) in [4.78, 5) is 33.7. The Kier molecular flexibility index (Phi) is 7.44. The van der Waals surface area contributed by atoms with Gasteiger partial charge in [0.2, 0.25) is 0 Å². The van der Waals surface area contributed by atoms with E-state index in [1.54, 1.807) is 36.5 Å². The molecule has 3 rings (SSSR count). The van der Waals surface area contributed by atoms with Crippen molar-refractivity contribution in [2.75, 3.05) is 30.4 Å². The quantitative estimate of drug-likeness (QED) is 0.728. The molecule has 0 saturated heterocycles. The fraction of sp³-hybridized carbons (Fsp3) is 0.458. The van der Waals surface area contributed by atoms with Gasteiger partial charge in [0.25, 0.3) is 11.8 Å². The second kappa shape index (κ2) is 10.2. The summed E-state index contributed by atoms with van der Waals surface area (Å²) in [5.74, 6) is 0.685. The Labute approximate surface area is 179 Å². The van der Waals surface area contributed by atoms with Crippen LogP contribution in [0.5, 0.6) is 0 Å². The van der Waals surface area contributed by atoms with Gasteiger partial charge in [-0.1, -0.05) is 19.3 Å². The Morgan fingerprint density at radius 2 is 1.60 bits per heavy atom.